The summed E-state index contributed by atoms with van der Waals surface area (Å²) in [4.78, 5) is 22.5. The summed E-state index contributed by atoms with van der Waals surface area (Å²) >= 11 is 5.17. The summed E-state index contributed by atoms with van der Waals surface area (Å²) in [6.45, 7) is -0.0334. The minimum absolute atomic E-state index is 0.0206. The van der Waals surface area contributed by atoms with Crippen LogP contribution in [-0.4, -0.2) is 30.4 Å². The maximum absolute atomic E-state index is 12.1. The quantitative estimate of drug-likeness (QED) is 0.784. The van der Waals surface area contributed by atoms with Crippen molar-refractivity contribution >= 4 is 32.8 Å². The number of hydrogen-bond donors (Lipinski definition) is 0. The molecule has 0 N–H and O–H groups in total. The second-order valence-electron chi connectivity index (χ2n) is 3.84. The summed E-state index contributed by atoms with van der Waals surface area (Å²) in [6, 6.07) is 6.05. The first kappa shape index (κ1) is 13.0. The van der Waals surface area contributed by atoms with Crippen LogP contribution >= 0.6 is 11.6 Å². The zero-order valence-electron chi connectivity index (χ0n) is 9.30. The SMILES string of the molecule is O=C(Cl)CCCN1C(=O)c2ccccc2S1(=O)=O. The number of carbonyl (C=O) groups is 2. The maximum Gasteiger partial charge on any atom is 0.269 e. The zero-order chi connectivity index (χ0) is 13.3. The van der Waals surface area contributed by atoms with E-state index < -0.39 is 21.2 Å². The van der Waals surface area contributed by atoms with Crippen LogP contribution in [0.15, 0.2) is 29.2 Å². The summed E-state index contributed by atoms with van der Waals surface area (Å²) in [5.74, 6) is -0.548. The van der Waals surface area contributed by atoms with Crippen molar-refractivity contribution in [3.8, 4) is 0 Å². The molecule has 5 nitrogen and oxygen atoms in total. The summed E-state index contributed by atoms with van der Waals surface area (Å²) < 4.78 is 24.9. The molecule has 18 heavy (non-hydrogen) atoms. The van der Waals surface area contributed by atoms with Gasteiger partial charge < -0.3 is 0 Å². The Kier molecular flexibility index (Phi) is 3.41. The predicted octanol–water partition coefficient (Wildman–Crippen LogP) is 1.38. The Morgan fingerprint density at radius 2 is 1.94 bits per heavy atom. The molecule has 1 aliphatic heterocycles. The van der Waals surface area contributed by atoms with E-state index in [0.29, 0.717) is 0 Å². The van der Waals surface area contributed by atoms with E-state index in [9.17, 15) is 18.0 Å². The van der Waals surface area contributed by atoms with Crippen molar-refractivity contribution in [2.24, 2.45) is 0 Å². The fourth-order valence-corrected chi connectivity index (χ4v) is 3.55. The lowest BCUT2D eigenvalue weighted by Gasteiger charge is -2.13. The van der Waals surface area contributed by atoms with Crippen molar-refractivity contribution < 1.29 is 18.0 Å². The van der Waals surface area contributed by atoms with Crippen LogP contribution in [0.4, 0.5) is 0 Å². The second kappa shape index (κ2) is 4.70. The molecule has 96 valence electrons. The molecular weight excluding hydrogens is 278 g/mol. The molecule has 2 rings (SSSR count). The van der Waals surface area contributed by atoms with E-state index in [1.54, 1.807) is 12.1 Å². The predicted molar refractivity (Wildman–Crippen MR) is 64.8 cm³/mol. The van der Waals surface area contributed by atoms with Gasteiger partial charge in [0.25, 0.3) is 15.9 Å². The Hall–Kier alpha value is -1.40. The Bertz CT molecular complexity index is 611. The molecule has 0 saturated carbocycles. The van der Waals surface area contributed by atoms with Crippen LogP contribution in [0.25, 0.3) is 0 Å². The van der Waals surface area contributed by atoms with Crippen LogP contribution in [0.3, 0.4) is 0 Å². The van der Waals surface area contributed by atoms with Crippen LogP contribution < -0.4 is 0 Å². The fraction of sp³-hybridized carbons (Fsp3) is 0.273. The highest BCUT2D eigenvalue weighted by Crippen LogP contribution is 2.29. The molecule has 1 aromatic carbocycles. The lowest BCUT2D eigenvalue weighted by molar-refractivity contribution is -0.111. The third-order valence-corrected chi connectivity index (χ3v) is 4.68. The number of fused-ring (bicyclic) bond motifs is 1. The topological polar surface area (TPSA) is 71.5 Å². The van der Waals surface area contributed by atoms with E-state index in [1.807, 2.05) is 0 Å². The van der Waals surface area contributed by atoms with Gasteiger partial charge in [0.1, 0.15) is 4.90 Å². The highest BCUT2D eigenvalue weighted by Gasteiger charge is 2.40. The van der Waals surface area contributed by atoms with E-state index in [2.05, 4.69) is 0 Å². The molecule has 0 spiro atoms. The van der Waals surface area contributed by atoms with Crippen molar-refractivity contribution in [2.75, 3.05) is 6.54 Å². The van der Waals surface area contributed by atoms with Gasteiger partial charge >= 0.3 is 0 Å². The molecule has 0 aromatic heterocycles. The molecule has 0 radical (unpaired) electrons. The van der Waals surface area contributed by atoms with E-state index in [-0.39, 0.29) is 29.8 Å². The molecule has 0 aliphatic carbocycles. The van der Waals surface area contributed by atoms with Gasteiger partial charge in [-0.25, -0.2) is 12.7 Å². The number of nitrogens with zero attached hydrogens (tertiary/aromatic N) is 1. The van der Waals surface area contributed by atoms with Crippen LogP contribution in [0, 0.1) is 0 Å². The number of amides is 1. The first-order chi connectivity index (χ1) is 8.44. The highest BCUT2D eigenvalue weighted by molar-refractivity contribution is 7.90. The number of rotatable bonds is 4. The van der Waals surface area contributed by atoms with Gasteiger partial charge in [0, 0.05) is 13.0 Å². The normalized spacial score (nSPS) is 16.7. The lowest BCUT2D eigenvalue weighted by Crippen LogP contribution is -2.31. The lowest BCUT2D eigenvalue weighted by atomic mass is 10.2. The zero-order valence-corrected chi connectivity index (χ0v) is 10.9. The smallest absolute Gasteiger partial charge is 0.269 e. The molecular formula is C11H10ClNO4S. The summed E-state index contributed by atoms with van der Waals surface area (Å²) in [5, 5.41) is -0.545. The van der Waals surface area contributed by atoms with Gasteiger partial charge in [0.05, 0.1) is 5.56 Å². The van der Waals surface area contributed by atoms with Gasteiger partial charge in [-0.05, 0) is 30.2 Å². The van der Waals surface area contributed by atoms with Crippen molar-refractivity contribution in [1.29, 1.82) is 0 Å². The summed E-state index contributed by atoms with van der Waals surface area (Å²) in [7, 11) is -3.76. The monoisotopic (exact) mass is 287 g/mol. The Morgan fingerprint density at radius 1 is 1.28 bits per heavy atom. The summed E-state index contributed by atoms with van der Waals surface area (Å²) in [5.41, 5.74) is 0.176. The van der Waals surface area contributed by atoms with Gasteiger partial charge in [-0.15, -0.1) is 0 Å². The number of hydrogen-bond acceptors (Lipinski definition) is 4. The Labute approximate surface area is 109 Å². The van der Waals surface area contributed by atoms with E-state index in [4.69, 9.17) is 11.6 Å². The first-order valence-electron chi connectivity index (χ1n) is 5.29. The van der Waals surface area contributed by atoms with Crippen LogP contribution in [0.2, 0.25) is 0 Å². The summed E-state index contributed by atoms with van der Waals surface area (Å²) in [6.07, 6.45) is 0.262. The molecule has 1 aromatic rings. The van der Waals surface area contributed by atoms with E-state index in [1.165, 1.54) is 12.1 Å². The van der Waals surface area contributed by atoms with E-state index >= 15 is 0 Å². The molecule has 0 unspecified atom stereocenters. The van der Waals surface area contributed by atoms with Gasteiger partial charge in [-0.1, -0.05) is 12.1 Å². The number of benzene rings is 1. The van der Waals surface area contributed by atoms with Crippen molar-refractivity contribution in [1.82, 2.24) is 4.31 Å². The van der Waals surface area contributed by atoms with Gasteiger partial charge in [0.15, 0.2) is 0 Å². The van der Waals surface area contributed by atoms with Crippen LogP contribution in [0.5, 0.6) is 0 Å². The third kappa shape index (κ3) is 2.13. The van der Waals surface area contributed by atoms with E-state index in [0.717, 1.165) is 4.31 Å². The van der Waals surface area contributed by atoms with Gasteiger partial charge in [-0.3, -0.25) is 9.59 Å². The van der Waals surface area contributed by atoms with Crippen molar-refractivity contribution in [3.05, 3.63) is 29.8 Å². The second-order valence-corrected chi connectivity index (χ2v) is 6.09. The Morgan fingerprint density at radius 3 is 2.56 bits per heavy atom. The van der Waals surface area contributed by atoms with Crippen molar-refractivity contribution in [2.45, 2.75) is 17.7 Å². The number of carbonyl (C=O) groups excluding carboxylic acids is 2. The van der Waals surface area contributed by atoms with Gasteiger partial charge in [-0.2, -0.15) is 0 Å². The molecule has 1 amide bonds. The number of sulfonamides is 1. The largest absolute Gasteiger partial charge is 0.281 e. The maximum atomic E-state index is 12.1. The minimum Gasteiger partial charge on any atom is -0.281 e. The molecule has 0 atom stereocenters. The standard InChI is InChI=1S/C11H10ClNO4S/c12-10(14)6-3-7-13-11(15)8-4-1-2-5-9(8)18(13,16)17/h1-2,4-5H,3,6-7H2. The molecule has 0 saturated heterocycles. The average molecular weight is 288 g/mol. The molecule has 1 heterocycles. The van der Waals surface area contributed by atoms with Crippen molar-refractivity contribution in [3.63, 3.8) is 0 Å². The molecule has 0 fully saturated rings. The third-order valence-electron chi connectivity index (χ3n) is 2.65. The van der Waals surface area contributed by atoms with Crippen LogP contribution in [-0.2, 0) is 14.8 Å². The van der Waals surface area contributed by atoms with Crippen LogP contribution in [0.1, 0.15) is 23.2 Å². The minimum atomic E-state index is -3.76. The number of halogens is 1. The average Bonchev–Trinajstić information content (AvgIpc) is 2.50. The highest BCUT2D eigenvalue weighted by atomic mass is 35.5. The molecule has 1 aliphatic rings. The Balaban J connectivity index is 2.25. The van der Waals surface area contributed by atoms with Gasteiger partial charge in [0.2, 0.25) is 5.24 Å². The molecule has 0 bridgehead atoms. The molecule has 7 heteroatoms. The fourth-order valence-electron chi connectivity index (χ4n) is 1.81. The first-order valence-corrected chi connectivity index (χ1v) is 7.11.